The minimum atomic E-state index is -0.171. The first-order chi connectivity index (χ1) is 8.56. The molecule has 0 aliphatic rings. The molecule has 1 heterocycles. The van der Waals surface area contributed by atoms with Gasteiger partial charge in [-0.25, -0.2) is 0 Å². The molecule has 1 unspecified atom stereocenters. The van der Waals surface area contributed by atoms with Gasteiger partial charge in [0.05, 0.1) is 0 Å². The van der Waals surface area contributed by atoms with Crippen LogP contribution in [0.15, 0.2) is 10.6 Å². The predicted octanol–water partition coefficient (Wildman–Crippen LogP) is 1.70. The molecule has 0 saturated heterocycles. The molecule has 0 bridgehead atoms. The van der Waals surface area contributed by atoms with Gasteiger partial charge in [-0.1, -0.05) is 19.0 Å². The van der Waals surface area contributed by atoms with Crippen LogP contribution in [0.1, 0.15) is 43.4 Å². The largest absolute Gasteiger partial charge is 0.361 e. The van der Waals surface area contributed by atoms with Crippen molar-refractivity contribution in [3.05, 3.63) is 17.5 Å². The molecule has 1 aromatic rings. The molecule has 5 nitrogen and oxygen atoms in total. The second-order valence-electron chi connectivity index (χ2n) is 4.67. The molecular formula is C13H23N3O2. The van der Waals surface area contributed by atoms with E-state index in [9.17, 15) is 4.79 Å². The van der Waals surface area contributed by atoms with Crippen LogP contribution in [0.2, 0.25) is 0 Å². The van der Waals surface area contributed by atoms with E-state index in [1.165, 1.54) is 0 Å². The Kier molecular flexibility index (Phi) is 5.85. The van der Waals surface area contributed by atoms with Gasteiger partial charge < -0.3 is 14.7 Å². The molecule has 0 aromatic carbocycles. The summed E-state index contributed by atoms with van der Waals surface area (Å²) < 4.78 is 5.01. The van der Waals surface area contributed by atoms with Crippen molar-refractivity contribution >= 4 is 5.91 Å². The normalized spacial score (nSPS) is 12.7. The summed E-state index contributed by atoms with van der Waals surface area (Å²) >= 11 is 0. The average molecular weight is 253 g/mol. The summed E-state index contributed by atoms with van der Waals surface area (Å²) in [7, 11) is 2.05. The Balaban J connectivity index is 2.44. The van der Waals surface area contributed by atoms with Crippen LogP contribution in [0.5, 0.6) is 0 Å². The third-order valence-electron chi connectivity index (χ3n) is 2.71. The Labute approximate surface area is 109 Å². The maximum atomic E-state index is 11.9. The van der Waals surface area contributed by atoms with Crippen LogP contribution in [0.4, 0.5) is 0 Å². The number of hydrogen-bond acceptors (Lipinski definition) is 4. The highest BCUT2D eigenvalue weighted by atomic mass is 16.5. The lowest BCUT2D eigenvalue weighted by Crippen LogP contribution is -2.41. The minimum absolute atomic E-state index is 0.0934. The first kappa shape index (κ1) is 14.7. The number of likely N-dealkylation sites (N-methyl/N-ethyl adjacent to an activating group) is 1. The molecule has 0 radical (unpaired) electrons. The van der Waals surface area contributed by atoms with E-state index in [1.54, 1.807) is 6.07 Å². The van der Waals surface area contributed by atoms with Gasteiger partial charge in [-0.3, -0.25) is 4.79 Å². The summed E-state index contributed by atoms with van der Waals surface area (Å²) in [6.45, 7) is 7.96. The first-order valence-electron chi connectivity index (χ1n) is 6.51. The zero-order chi connectivity index (χ0) is 13.5. The molecule has 0 aliphatic heterocycles. The van der Waals surface area contributed by atoms with E-state index in [4.69, 9.17) is 4.52 Å². The topological polar surface area (TPSA) is 58.4 Å². The Bertz CT molecular complexity index is 376. The van der Waals surface area contributed by atoms with E-state index >= 15 is 0 Å². The number of aryl methyl sites for hydroxylation is 1. The van der Waals surface area contributed by atoms with Crippen molar-refractivity contribution in [2.45, 2.75) is 39.7 Å². The molecule has 0 spiro atoms. The monoisotopic (exact) mass is 253 g/mol. The number of carbonyl (C=O) groups excluding carboxylic acids is 1. The van der Waals surface area contributed by atoms with Gasteiger partial charge in [0, 0.05) is 25.1 Å². The third kappa shape index (κ3) is 4.49. The lowest BCUT2D eigenvalue weighted by Gasteiger charge is -2.21. The number of hydrogen-bond donors (Lipinski definition) is 1. The molecule has 1 amide bonds. The van der Waals surface area contributed by atoms with Crippen molar-refractivity contribution in [3.8, 4) is 0 Å². The molecule has 5 heteroatoms. The van der Waals surface area contributed by atoms with Crippen molar-refractivity contribution in [1.82, 2.24) is 15.4 Å². The second kappa shape index (κ2) is 7.16. The standard InChI is InChI=1S/C13H23N3O2/c1-5-7-16(4)9-10(3)14-13(17)12-8-11(6-2)18-15-12/h8,10H,5-7,9H2,1-4H3,(H,14,17). The lowest BCUT2D eigenvalue weighted by atomic mass is 10.2. The number of aromatic nitrogens is 1. The number of nitrogens with zero attached hydrogens (tertiary/aromatic N) is 2. The smallest absolute Gasteiger partial charge is 0.273 e. The number of rotatable bonds is 7. The Hall–Kier alpha value is -1.36. The van der Waals surface area contributed by atoms with Crippen LogP contribution in [0.3, 0.4) is 0 Å². The zero-order valence-electron chi connectivity index (χ0n) is 11.7. The van der Waals surface area contributed by atoms with Crippen molar-refractivity contribution in [2.24, 2.45) is 0 Å². The average Bonchev–Trinajstić information content (AvgIpc) is 2.77. The van der Waals surface area contributed by atoms with Crippen LogP contribution < -0.4 is 5.32 Å². The van der Waals surface area contributed by atoms with Crippen LogP contribution in [-0.4, -0.2) is 42.1 Å². The fourth-order valence-corrected chi connectivity index (χ4v) is 1.87. The van der Waals surface area contributed by atoms with Crippen LogP contribution in [0.25, 0.3) is 0 Å². The van der Waals surface area contributed by atoms with Crippen LogP contribution in [0, 0.1) is 0 Å². The van der Waals surface area contributed by atoms with Gasteiger partial charge in [-0.15, -0.1) is 0 Å². The van der Waals surface area contributed by atoms with E-state index in [-0.39, 0.29) is 11.9 Å². The Morgan fingerprint density at radius 3 is 2.83 bits per heavy atom. The Morgan fingerprint density at radius 2 is 2.28 bits per heavy atom. The van der Waals surface area contributed by atoms with Crippen LogP contribution in [-0.2, 0) is 6.42 Å². The van der Waals surface area contributed by atoms with Gasteiger partial charge in [0.15, 0.2) is 5.69 Å². The highest BCUT2D eigenvalue weighted by molar-refractivity contribution is 5.92. The molecule has 1 rings (SSSR count). The molecule has 102 valence electrons. The number of nitrogens with one attached hydrogen (secondary N) is 1. The molecule has 0 saturated carbocycles. The van der Waals surface area contributed by atoms with Crippen molar-refractivity contribution in [1.29, 1.82) is 0 Å². The summed E-state index contributed by atoms with van der Waals surface area (Å²) in [5.41, 5.74) is 0.358. The van der Waals surface area contributed by atoms with Gasteiger partial charge in [0.1, 0.15) is 5.76 Å². The van der Waals surface area contributed by atoms with Gasteiger partial charge in [0.2, 0.25) is 0 Å². The quantitative estimate of drug-likeness (QED) is 0.803. The van der Waals surface area contributed by atoms with Gasteiger partial charge in [-0.05, 0) is 26.9 Å². The highest BCUT2D eigenvalue weighted by Crippen LogP contribution is 2.04. The maximum Gasteiger partial charge on any atom is 0.273 e. The summed E-state index contributed by atoms with van der Waals surface area (Å²) in [5.74, 6) is 0.562. The van der Waals surface area contributed by atoms with Gasteiger partial charge >= 0.3 is 0 Å². The summed E-state index contributed by atoms with van der Waals surface area (Å²) in [4.78, 5) is 14.1. The SMILES string of the molecule is CCCN(C)CC(C)NC(=O)c1cc(CC)on1. The molecule has 1 aromatic heterocycles. The van der Waals surface area contributed by atoms with E-state index in [0.717, 1.165) is 31.7 Å². The third-order valence-corrected chi connectivity index (χ3v) is 2.71. The predicted molar refractivity (Wildman–Crippen MR) is 70.6 cm³/mol. The van der Waals surface area contributed by atoms with E-state index in [1.807, 2.05) is 13.8 Å². The van der Waals surface area contributed by atoms with Crippen molar-refractivity contribution in [2.75, 3.05) is 20.1 Å². The first-order valence-corrected chi connectivity index (χ1v) is 6.51. The fraction of sp³-hybridized carbons (Fsp3) is 0.692. The summed E-state index contributed by atoms with van der Waals surface area (Å²) in [6.07, 6.45) is 1.86. The zero-order valence-corrected chi connectivity index (χ0v) is 11.7. The summed E-state index contributed by atoms with van der Waals surface area (Å²) in [5, 5.41) is 6.67. The maximum absolute atomic E-state index is 11.9. The molecule has 0 aliphatic carbocycles. The minimum Gasteiger partial charge on any atom is -0.361 e. The van der Waals surface area contributed by atoms with Gasteiger partial charge in [-0.2, -0.15) is 0 Å². The molecule has 0 fully saturated rings. The van der Waals surface area contributed by atoms with Crippen molar-refractivity contribution in [3.63, 3.8) is 0 Å². The summed E-state index contributed by atoms with van der Waals surface area (Å²) in [6, 6.07) is 1.79. The molecular weight excluding hydrogens is 230 g/mol. The van der Waals surface area contributed by atoms with E-state index in [2.05, 4.69) is 29.3 Å². The highest BCUT2D eigenvalue weighted by Gasteiger charge is 2.15. The van der Waals surface area contributed by atoms with Crippen LogP contribution >= 0.6 is 0 Å². The molecule has 1 atom stereocenters. The number of carbonyl (C=O) groups is 1. The van der Waals surface area contributed by atoms with E-state index < -0.39 is 0 Å². The van der Waals surface area contributed by atoms with Gasteiger partial charge in [0.25, 0.3) is 5.91 Å². The molecule has 1 N–H and O–H groups in total. The lowest BCUT2D eigenvalue weighted by molar-refractivity contribution is 0.0923. The Morgan fingerprint density at radius 1 is 1.56 bits per heavy atom. The fourth-order valence-electron chi connectivity index (χ4n) is 1.87. The van der Waals surface area contributed by atoms with E-state index in [0.29, 0.717) is 5.69 Å². The van der Waals surface area contributed by atoms with Crippen molar-refractivity contribution < 1.29 is 9.32 Å². The molecule has 18 heavy (non-hydrogen) atoms. The second-order valence-corrected chi connectivity index (χ2v) is 4.67. The number of amides is 1.